The molecule has 0 aliphatic carbocycles. The molecular weight excluding hydrogens is 406 g/mol. The maximum atomic E-state index is 12.7. The van der Waals surface area contributed by atoms with E-state index in [0.29, 0.717) is 28.9 Å². The predicted octanol–water partition coefficient (Wildman–Crippen LogP) is 3.97. The van der Waals surface area contributed by atoms with Crippen LogP contribution in [-0.2, 0) is 11.3 Å². The molecule has 30 heavy (non-hydrogen) atoms. The van der Waals surface area contributed by atoms with Crippen molar-refractivity contribution in [3.63, 3.8) is 0 Å². The molecule has 0 unspecified atom stereocenters. The van der Waals surface area contributed by atoms with E-state index in [0.717, 1.165) is 12.0 Å². The van der Waals surface area contributed by atoms with Crippen LogP contribution < -0.4 is 0 Å². The van der Waals surface area contributed by atoms with Gasteiger partial charge in [0.05, 0.1) is 24.8 Å². The second-order valence-corrected chi connectivity index (χ2v) is 7.48. The van der Waals surface area contributed by atoms with Gasteiger partial charge in [0.2, 0.25) is 5.89 Å². The number of halogens is 1. The predicted molar refractivity (Wildman–Crippen MR) is 111 cm³/mol. The lowest BCUT2D eigenvalue weighted by Crippen LogP contribution is -2.26. The normalized spacial score (nSPS) is 18.3. The summed E-state index contributed by atoms with van der Waals surface area (Å²) in [6, 6.07) is 11.0. The highest BCUT2D eigenvalue weighted by atomic mass is 35.5. The third kappa shape index (κ3) is 4.24. The SMILES string of the molecule is C=Nc1ncccc1C(=O)N(C)Cc1nc([C@@H]2CO[C@@H](c3ccc(Cl)cc3)C2)no1. The average molecular weight is 426 g/mol. The van der Waals surface area contributed by atoms with E-state index in [2.05, 4.69) is 26.8 Å². The average Bonchev–Trinajstić information content (AvgIpc) is 3.43. The Morgan fingerprint density at radius 1 is 1.33 bits per heavy atom. The number of benzene rings is 1. The van der Waals surface area contributed by atoms with Gasteiger partial charge in [-0.3, -0.25) is 4.79 Å². The number of hydrogen-bond donors (Lipinski definition) is 0. The summed E-state index contributed by atoms with van der Waals surface area (Å²) in [6.45, 7) is 4.13. The van der Waals surface area contributed by atoms with E-state index in [1.165, 1.54) is 4.90 Å². The quantitative estimate of drug-likeness (QED) is 0.555. The summed E-state index contributed by atoms with van der Waals surface area (Å²) in [5, 5.41) is 4.78. The molecule has 0 saturated carbocycles. The second kappa shape index (κ2) is 8.73. The molecule has 0 bridgehead atoms. The Kier molecular flexibility index (Phi) is 5.87. The lowest BCUT2D eigenvalue weighted by Gasteiger charge is -2.15. The number of amides is 1. The number of pyridine rings is 1. The molecule has 4 rings (SSSR count). The van der Waals surface area contributed by atoms with Gasteiger partial charge in [-0.15, -0.1) is 0 Å². The number of nitrogens with zero attached hydrogens (tertiary/aromatic N) is 5. The van der Waals surface area contributed by atoms with Crippen LogP contribution >= 0.6 is 11.6 Å². The van der Waals surface area contributed by atoms with E-state index in [1.807, 2.05) is 24.3 Å². The zero-order valence-corrected chi connectivity index (χ0v) is 17.1. The molecule has 0 spiro atoms. The van der Waals surface area contributed by atoms with E-state index in [1.54, 1.807) is 25.4 Å². The zero-order chi connectivity index (χ0) is 21.1. The number of ether oxygens (including phenoxy) is 1. The van der Waals surface area contributed by atoms with Gasteiger partial charge >= 0.3 is 0 Å². The Bertz CT molecular complexity index is 1050. The number of aromatic nitrogens is 3. The van der Waals surface area contributed by atoms with Crippen LogP contribution in [0.3, 0.4) is 0 Å². The lowest BCUT2D eigenvalue weighted by atomic mass is 10.0. The maximum Gasteiger partial charge on any atom is 0.257 e. The standard InChI is InChI=1S/C21H20ClN5O3/c1-23-20-16(4-3-9-24-20)21(28)27(2)11-18-25-19(26-30-18)14-10-17(29-12-14)13-5-7-15(22)8-6-13/h3-9,14,17H,1,10-12H2,2H3/t14-,17+/m0/s1. The van der Waals surface area contributed by atoms with Crippen LogP contribution in [0.2, 0.25) is 5.02 Å². The summed E-state index contributed by atoms with van der Waals surface area (Å²) >= 11 is 5.95. The Labute approximate surface area is 178 Å². The number of carbonyl (C=O) groups excluding carboxylic acids is 1. The minimum Gasteiger partial charge on any atom is -0.373 e. The van der Waals surface area contributed by atoms with Crippen molar-refractivity contribution >= 4 is 30.0 Å². The van der Waals surface area contributed by atoms with Crippen molar-refractivity contribution in [1.29, 1.82) is 0 Å². The highest BCUT2D eigenvalue weighted by Gasteiger charge is 2.31. The topological polar surface area (TPSA) is 93.7 Å². The molecule has 2 atom stereocenters. The summed E-state index contributed by atoms with van der Waals surface area (Å²) in [4.78, 5) is 26.5. The molecule has 3 aromatic rings. The molecule has 0 N–H and O–H groups in total. The first-order valence-electron chi connectivity index (χ1n) is 9.42. The van der Waals surface area contributed by atoms with Gasteiger partial charge in [-0.2, -0.15) is 4.98 Å². The first-order valence-corrected chi connectivity index (χ1v) is 9.79. The third-order valence-corrected chi connectivity index (χ3v) is 5.23. The fraction of sp³-hybridized carbons (Fsp3) is 0.286. The van der Waals surface area contributed by atoms with Crippen LogP contribution in [0.4, 0.5) is 5.82 Å². The van der Waals surface area contributed by atoms with Crippen molar-refractivity contribution in [2.24, 2.45) is 4.99 Å². The van der Waals surface area contributed by atoms with E-state index >= 15 is 0 Å². The minimum atomic E-state index is -0.253. The molecule has 154 valence electrons. The summed E-state index contributed by atoms with van der Waals surface area (Å²) in [7, 11) is 1.65. The van der Waals surface area contributed by atoms with Crippen molar-refractivity contribution in [3.05, 3.63) is 70.5 Å². The van der Waals surface area contributed by atoms with Crippen LogP contribution in [0.5, 0.6) is 0 Å². The molecule has 1 aliphatic heterocycles. The molecule has 0 radical (unpaired) electrons. The highest BCUT2D eigenvalue weighted by molar-refractivity contribution is 6.30. The lowest BCUT2D eigenvalue weighted by molar-refractivity contribution is 0.0770. The molecular formula is C21H20ClN5O3. The maximum absolute atomic E-state index is 12.7. The van der Waals surface area contributed by atoms with Gasteiger partial charge < -0.3 is 14.2 Å². The Balaban J connectivity index is 1.40. The van der Waals surface area contributed by atoms with Crippen LogP contribution in [0, 0.1) is 0 Å². The van der Waals surface area contributed by atoms with E-state index < -0.39 is 0 Å². The van der Waals surface area contributed by atoms with Gasteiger partial charge in [-0.05, 0) is 43.0 Å². The molecule has 1 fully saturated rings. The Morgan fingerprint density at radius 3 is 2.90 bits per heavy atom. The molecule has 9 heteroatoms. The van der Waals surface area contributed by atoms with Gasteiger partial charge in [-0.25, -0.2) is 9.98 Å². The molecule has 1 saturated heterocycles. The van der Waals surface area contributed by atoms with Gasteiger partial charge in [0.25, 0.3) is 5.91 Å². The highest BCUT2D eigenvalue weighted by Crippen LogP contribution is 2.37. The fourth-order valence-electron chi connectivity index (χ4n) is 3.38. The van der Waals surface area contributed by atoms with Crippen molar-refractivity contribution in [1.82, 2.24) is 20.0 Å². The smallest absolute Gasteiger partial charge is 0.257 e. The van der Waals surface area contributed by atoms with E-state index in [4.69, 9.17) is 20.9 Å². The van der Waals surface area contributed by atoms with Crippen molar-refractivity contribution in [3.8, 4) is 0 Å². The van der Waals surface area contributed by atoms with E-state index in [9.17, 15) is 4.79 Å². The van der Waals surface area contributed by atoms with E-state index in [-0.39, 0.29) is 30.3 Å². The molecule has 2 aromatic heterocycles. The van der Waals surface area contributed by atoms with Crippen LogP contribution in [0.25, 0.3) is 0 Å². The second-order valence-electron chi connectivity index (χ2n) is 7.05. The van der Waals surface area contributed by atoms with Crippen molar-refractivity contribution in [2.45, 2.75) is 25.0 Å². The summed E-state index contributed by atoms with van der Waals surface area (Å²) < 4.78 is 11.3. The van der Waals surface area contributed by atoms with Gasteiger partial charge in [0.1, 0.15) is 0 Å². The van der Waals surface area contributed by atoms with Gasteiger partial charge in [0, 0.05) is 24.2 Å². The van der Waals surface area contributed by atoms with Crippen molar-refractivity contribution < 1.29 is 14.1 Å². The molecule has 3 heterocycles. The Hall–Kier alpha value is -3.10. The summed E-state index contributed by atoms with van der Waals surface area (Å²) in [5.41, 5.74) is 1.43. The first kappa shape index (κ1) is 20.2. The summed E-state index contributed by atoms with van der Waals surface area (Å²) in [5.74, 6) is 0.998. The largest absolute Gasteiger partial charge is 0.373 e. The number of hydrogen-bond acceptors (Lipinski definition) is 7. The number of rotatable bonds is 6. The van der Waals surface area contributed by atoms with Crippen LogP contribution in [0.15, 0.2) is 52.1 Å². The zero-order valence-electron chi connectivity index (χ0n) is 16.4. The summed E-state index contributed by atoms with van der Waals surface area (Å²) in [6.07, 6.45) is 2.28. The third-order valence-electron chi connectivity index (χ3n) is 4.97. The molecule has 8 nitrogen and oxygen atoms in total. The van der Waals surface area contributed by atoms with Crippen LogP contribution in [0.1, 0.15) is 46.1 Å². The molecule has 1 amide bonds. The van der Waals surface area contributed by atoms with Gasteiger partial charge in [0.15, 0.2) is 11.6 Å². The fourth-order valence-corrected chi connectivity index (χ4v) is 3.51. The first-order chi connectivity index (χ1) is 14.5. The van der Waals surface area contributed by atoms with Gasteiger partial charge in [-0.1, -0.05) is 28.9 Å². The monoisotopic (exact) mass is 425 g/mol. The Morgan fingerprint density at radius 2 is 2.13 bits per heavy atom. The number of aliphatic imine (C=N–C) groups is 1. The molecule has 1 aromatic carbocycles. The van der Waals surface area contributed by atoms with Crippen LogP contribution in [-0.4, -0.2) is 46.3 Å². The van der Waals surface area contributed by atoms with Crippen molar-refractivity contribution in [2.75, 3.05) is 13.7 Å². The molecule has 1 aliphatic rings. The minimum absolute atomic E-state index is 0.0269. The number of carbonyl (C=O) groups is 1.